The molecule has 1 heterocycles. The molecule has 0 bridgehead atoms. The molecule has 1 atom stereocenters. The van der Waals surface area contributed by atoms with E-state index in [1.54, 1.807) is 14.0 Å². The number of hydrogen-bond acceptors (Lipinski definition) is 5. The summed E-state index contributed by atoms with van der Waals surface area (Å²) in [7, 11) is 1.67. The van der Waals surface area contributed by atoms with Gasteiger partial charge in [-0.15, -0.1) is 11.3 Å². The summed E-state index contributed by atoms with van der Waals surface area (Å²) in [5.74, 6) is -0.243. The molecule has 1 unspecified atom stereocenters. The molecule has 0 fully saturated rings. The Morgan fingerprint density at radius 2 is 2.17 bits per heavy atom. The molecule has 0 aliphatic rings. The Morgan fingerprint density at radius 1 is 1.50 bits per heavy atom. The van der Waals surface area contributed by atoms with Gasteiger partial charge in [0, 0.05) is 12.5 Å². The van der Waals surface area contributed by atoms with Crippen molar-refractivity contribution in [2.75, 3.05) is 13.7 Å². The number of carbonyl (C=O) groups excluding carboxylic acids is 1. The highest BCUT2D eigenvalue weighted by molar-refractivity contribution is 7.09. The van der Waals surface area contributed by atoms with Crippen LogP contribution in [0.1, 0.15) is 50.9 Å². The Labute approximate surface area is 112 Å². The highest BCUT2D eigenvalue weighted by Gasteiger charge is 2.34. The summed E-state index contributed by atoms with van der Waals surface area (Å²) in [6.07, 6.45) is 0.866. The van der Waals surface area contributed by atoms with Gasteiger partial charge in [0.25, 0.3) is 0 Å². The first-order valence-corrected chi connectivity index (χ1v) is 7.01. The maximum absolute atomic E-state index is 11.9. The zero-order valence-electron chi connectivity index (χ0n) is 11.6. The summed E-state index contributed by atoms with van der Waals surface area (Å²) in [5.41, 5.74) is 0.0352. The monoisotopic (exact) mass is 271 g/mol. The van der Waals surface area contributed by atoms with Crippen molar-refractivity contribution >= 4 is 17.3 Å². The summed E-state index contributed by atoms with van der Waals surface area (Å²) < 4.78 is 10.4. The van der Waals surface area contributed by atoms with Crippen LogP contribution < -0.4 is 0 Å². The fraction of sp³-hybridized carbons (Fsp3) is 0.692. The molecule has 0 saturated carbocycles. The minimum Gasteiger partial charge on any atom is -0.465 e. The zero-order chi connectivity index (χ0) is 13.8. The summed E-state index contributed by atoms with van der Waals surface area (Å²) in [6.45, 7) is 7.90. The standard InChI is InChI=1S/C13H21NO3S/c1-6-9(16-5)11-14-10(8-18-11)13(3,4)12(15)17-7-2/h8-9H,6-7H2,1-5H3. The molecule has 1 aromatic heterocycles. The Morgan fingerprint density at radius 3 is 2.67 bits per heavy atom. The highest BCUT2D eigenvalue weighted by Crippen LogP contribution is 2.30. The van der Waals surface area contributed by atoms with Crippen LogP contribution >= 0.6 is 11.3 Å². The summed E-state index contributed by atoms with van der Waals surface area (Å²) in [4.78, 5) is 16.4. The molecule has 0 aliphatic heterocycles. The van der Waals surface area contributed by atoms with Gasteiger partial charge in [0.15, 0.2) is 0 Å². The van der Waals surface area contributed by atoms with Gasteiger partial charge in [-0.3, -0.25) is 4.79 Å². The number of rotatable bonds is 6. The Kier molecular flexibility index (Phi) is 5.28. The van der Waals surface area contributed by atoms with Crippen LogP contribution in [0.2, 0.25) is 0 Å². The topological polar surface area (TPSA) is 48.4 Å². The SMILES string of the molecule is CCOC(=O)C(C)(C)c1csc(C(CC)OC)n1. The van der Waals surface area contributed by atoms with E-state index >= 15 is 0 Å². The molecule has 0 amide bonds. The fourth-order valence-corrected chi connectivity index (χ4v) is 2.73. The third kappa shape index (κ3) is 3.09. The van der Waals surface area contributed by atoms with E-state index in [-0.39, 0.29) is 12.1 Å². The third-order valence-corrected chi connectivity index (χ3v) is 3.82. The van der Waals surface area contributed by atoms with Gasteiger partial charge in [-0.1, -0.05) is 6.92 Å². The van der Waals surface area contributed by atoms with E-state index in [4.69, 9.17) is 9.47 Å². The van der Waals surface area contributed by atoms with Crippen LogP contribution in [0.5, 0.6) is 0 Å². The summed E-state index contributed by atoms with van der Waals surface area (Å²) in [5, 5.41) is 2.82. The van der Waals surface area contributed by atoms with Crippen molar-refractivity contribution in [1.82, 2.24) is 4.98 Å². The molecule has 5 heteroatoms. The van der Waals surface area contributed by atoms with Gasteiger partial charge in [0.2, 0.25) is 0 Å². The lowest BCUT2D eigenvalue weighted by molar-refractivity contribution is -0.148. The van der Waals surface area contributed by atoms with Crippen LogP contribution in [0, 0.1) is 0 Å². The number of ether oxygens (including phenoxy) is 2. The van der Waals surface area contributed by atoms with Gasteiger partial charge in [-0.25, -0.2) is 4.98 Å². The van der Waals surface area contributed by atoms with Crippen LogP contribution in [-0.2, 0) is 19.7 Å². The van der Waals surface area contributed by atoms with E-state index in [9.17, 15) is 4.79 Å². The molecular weight excluding hydrogens is 250 g/mol. The second-order valence-electron chi connectivity index (χ2n) is 4.55. The van der Waals surface area contributed by atoms with Crippen LogP contribution in [0.3, 0.4) is 0 Å². The predicted molar refractivity (Wildman–Crippen MR) is 71.8 cm³/mol. The second-order valence-corrected chi connectivity index (χ2v) is 5.44. The number of aromatic nitrogens is 1. The molecule has 0 radical (unpaired) electrons. The average molecular weight is 271 g/mol. The average Bonchev–Trinajstić information content (AvgIpc) is 2.81. The Hall–Kier alpha value is -0.940. The second kappa shape index (κ2) is 6.29. The van der Waals surface area contributed by atoms with Gasteiger partial charge < -0.3 is 9.47 Å². The van der Waals surface area contributed by atoms with Crippen molar-refractivity contribution in [3.63, 3.8) is 0 Å². The molecule has 18 heavy (non-hydrogen) atoms. The van der Waals surface area contributed by atoms with Crippen molar-refractivity contribution < 1.29 is 14.3 Å². The predicted octanol–water partition coefficient (Wildman–Crippen LogP) is 3.08. The molecule has 1 rings (SSSR count). The van der Waals surface area contributed by atoms with Gasteiger partial charge in [0.05, 0.1) is 12.3 Å². The minimum absolute atomic E-state index is 0.00162. The van der Waals surface area contributed by atoms with E-state index in [1.165, 1.54) is 11.3 Å². The molecule has 0 N–H and O–H groups in total. The van der Waals surface area contributed by atoms with E-state index in [0.717, 1.165) is 17.1 Å². The van der Waals surface area contributed by atoms with Gasteiger partial charge in [0.1, 0.15) is 16.5 Å². The molecule has 4 nitrogen and oxygen atoms in total. The Bertz CT molecular complexity index is 397. The fourth-order valence-electron chi connectivity index (χ4n) is 1.58. The molecule has 102 valence electrons. The van der Waals surface area contributed by atoms with E-state index in [0.29, 0.717) is 6.61 Å². The molecule has 1 aromatic rings. The first-order chi connectivity index (χ1) is 8.47. The molecule has 0 saturated heterocycles. The van der Waals surface area contributed by atoms with Crippen LogP contribution in [0.4, 0.5) is 0 Å². The van der Waals surface area contributed by atoms with Crippen LogP contribution in [0.15, 0.2) is 5.38 Å². The molecule has 0 spiro atoms. The number of esters is 1. The van der Waals surface area contributed by atoms with E-state index < -0.39 is 5.41 Å². The summed E-state index contributed by atoms with van der Waals surface area (Å²) >= 11 is 1.53. The first-order valence-electron chi connectivity index (χ1n) is 6.13. The maximum Gasteiger partial charge on any atom is 0.317 e. The van der Waals surface area contributed by atoms with Crippen LogP contribution in [-0.4, -0.2) is 24.7 Å². The largest absolute Gasteiger partial charge is 0.465 e. The number of hydrogen-bond donors (Lipinski definition) is 0. The van der Waals surface area contributed by atoms with Gasteiger partial charge >= 0.3 is 5.97 Å². The zero-order valence-corrected chi connectivity index (χ0v) is 12.5. The van der Waals surface area contributed by atoms with Gasteiger partial charge in [-0.05, 0) is 27.2 Å². The number of thiazole rings is 1. The van der Waals surface area contributed by atoms with Crippen molar-refractivity contribution in [3.8, 4) is 0 Å². The lowest BCUT2D eigenvalue weighted by Gasteiger charge is -2.20. The van der Waals surface area contributed by atoms with Crippen LogP contribution in [0.25, 0.3) is 0 Å². The highest BCUT2D eigenvalue weighted by atomic mass is 32.1. The molecular formula is C13H21NO3S. The summed E-state index contributed by atoms with van der Waals surface area (Å²) in [6, 6.07) is 0. The quantitative estimate of drug-likeness (QED) is 0.746. The maximum atomic E-state index is 11.9. The lowest BCUT2D eigenvalue weighted by atomic mass is 9.90. The van der Waals surface area contributed by atoms with E-state index in [2.05, 4.69) is 4.98 Å². The number of methoxy groups -OCH3 is 1. The normalized spacial score (nSPS) is 13.4. The first kappa shape index (κ1) is 15.1. The molecule has 0 aliphatic carbocycles. The lowest BCUT2D eigenvalue weighted by Crippen LogP contribution is -2.31. The van der Waals surface area contributed by atoms with E-state index in [1.807, 2.05) is 26.2 Å². The third-order valence-electron chi connectivity index (χ3n) is 2.88. The smallest absolute Gasteiger partial charge is 0.317 e. The minimum atomic E-state index is -0.712. The number of carbonyl (C=O) groups is 1. The van der Waals surface area contributed by atoms with Crippen molar-refractivity contribution in [2.45, 2.75) is 45.6 Å². The van der Waals surface area contributed by atoms with Gasteiger partial charge in [-0.2, -0.15) is 0 Å². The van der Waals surface area contributed by atoms with Crippen molar-refractivity contribution in [2.24, 2.45) is 0 Å². The van der Waals surface area contributed by atoms with Crippen molar-refractivity contribution in [3.05, 3.63) is 16.1 Å². The Balaban J connectivity index is 2.93. The van der Waals surface area contributed by atoms with Crippen molar-refractivity contribution in [1.29, 1.82) is 0 Å². The number of nitrogens with zero attached hydrogens (tertiary/aromatic N) is 1. The molecule has 0 aromatic carbocycles.